The van der Waals surface area contributed by atoms with Gasteiger partial charge in [-0.25, -0.2) is 0 Å². The minimum absolute atomic E-state index is 0.237. The fourth-order valence-electron chi connectivity index (χ4n) is 4.08. The lowest BCUT2D eigenvalue weighted by molar-refractivity contribution is -0.122. The molecule has 114 valence electrons. The second-order valence-corrected chi connectivity index (χ2v) is 6.59. The second-order valence-electron chi connectivity index (χ2n) is 6.59. The van der Waals surface area contributed by atoms with Crippen molar-refractivity contribution in [3.8, 4) is 5.75 Å². The average molecular weight is 287 g/mol. The SMILES string of the molecule is COc1ccc(CCNC(=O)CC2CC3CCC2C3)cc1. The maximum atomic E-state index is 12.0. The topological polar surface area (TPSA) is 38.3 Å². The van der Waals surface area contributed by atoms with Crippen LogP contribution < -0.4 is 10.1 Å². The molecule has 0 heterocycles. The Balaban J connectivity index is 1.37. The highest BCUT2D eigenvalue weighted by molar-refractivity contribution is 5.76. The zero-order valence-corrected chi connectivity index (χ0v) is 12.8. The summed E-state index contributed by atoms with van der Waals surface area (Å²) >= 11 is 0. The first-order chi connectivity index (χ1) is 10.2. The standard InChI is InChI=1S/C18H25NO2/c1-21-17-6-3-13(4-7-17)8-9-19-18(20)12-16-11-14-2-5-15(16)10-14/h3-4,6-7,14-16H,2,5,8-12H2,1H3,(H,19,20). The van der Waals surface area contributed by atoms with E-state index in [-0.39, 0.29) is 5.91 Å². The lowest BCUT2D eigenvalue weighted by Gasteiger charge is -2.20. The third-order valence-corrected chi connectivity index (χ3v) is 5.23. The molecule has 1 N–H and O–H groups in total. The molecule has 3 nitrogen and oxygen atoms in total. The van der Waals surface area contributed by atoms with Crippen LogP contribution >= 0.6 is 0 Å². The number of ether oxygens (including phenoxy) is 1. The van der Waals surface area contributed by atoms with Crippen molar-refractivity contribution in [2.75, 3.05) is 13.7 Å². The van der Waals surface area contributed by atoms with Gasteiger partial charge in [-0.2, -0.15) is 0 Å². The molecule has 2 bridgehead atoms. The molecule has 3 unspecified atom stereocenters. The number of rotatable bonds is 6. The van der Waals surface area contributed by atoms with Crippen LogP contribution in [0.2, 0.25) is 0 Å². The summed E-state index contributed by atoms with van der Waals surface area (Å²) in [5.74, 6) is 3.53. The van der Waals surface area contributed by atoms with Crippen molar-refractivity contribution >= 4 is 5.91 Å². The first kappa shape index (κ1) is 14.4. The Morgan fingerprint density at radius 3 is 2.67 bits per heavy atom. The van der Waals surface area contributed by atoms with Crippen molar-refractivity contribution in [3.05, 3.63) is 29.8 Å². The zero-order chi connectivity index (χ0) is 14.7. The number of carbonyl (C=O) groups is 1. The van der Waals surface area contributed by atoms with E-state index in [1.165, 1.54) is 31.2 Å². The summed E-state index contributed by atoms with van der Waals surface area (Å²) in [6.07, 6.45) is 7.05. The molecule has 1 aromatic rings. The average Bonchev–Trinajstić information content (AvgIpc) is 3.10. The molecule has 0 spiro atoms. The molecular formula is C18H25NO2. The first-order valence-corrected chi connectivity index (χ1v) is 8.14. The predicted octanol–water partition coefficient (Wildman–Crippen LogP) is 3.18. The van der Waals surface area contributed by atoms with E-state index < -0.39 is 0 Å². The smallest absolute Gasteiger partial charge is 0.220 e. The molecule has 21 heavy (non-hydrogen) atoms. The number of hydrogen-bond acceptors (Lipinski definition) is 2. The Kier molecular flexibility index (Phi) is 4.47. The van der Waals surface area contributed by atoms with Crippen molar-refractivity contribution in [1.29, 1.82) is 0 Å². The third-order valence-electron chi connectivity index (χ3n) is 5.23. The molecule has 0 saturated heterocycles. The molecule has 3 rings (SSSR count). The number of fused-ring (bicyclic) bond motifs is 2. The molecule has 0 aliphatic heterocycles. The van der Waals surface area contributed by atoms with Crippen LogP contribution in [0.15, 0.2) is 24.3 Å². The second kappa shape index (κ2) is 6.50. The highest BCUT2D eigenvalue weighted by Crippen LogP contribution is 2.49. The van der Waals surface area contributed by atoms with Gasteiger partial charge in [-0.1, -0.05) is 18.6 Å². The summed E-state index contributed by atoms with van der Waals surface area (Å²) in [6, 6.07) is 8.04. The van der Waals surface area contributed by atoms with Gasteiger partial charge >= 0.3 is 0 Å². The zero-order valence-electron chi connectivity index (χ0n) is 12.8. The Labute approximate surface area is 127 Å². The fourth-order valence-corrected chi connectivity index (χ4v) is 4.08. The van der Waals surface area contributed by atoms with Crippen LogP contribution in [0, 0.1) is 17.8 Å². The lowest BCUT2D eigenvalue weighted by Crippen LogP contribution is -2.28. The maximum Gasteiger partial charge on any atom is 0.220 e. The van der Waals surface area contributed by atoms with Gasteiger partial charge in [-0.05, 0) is 61.1 Å². The van der Waals surface area contributed by atoms with Crippen LogP contribution in [0.4, 0.5) is 0 Å². The van der Waals surface area contributed by atoms with Crippen molar-refractivity contribution in [1.82, 2.24) is 5.32 Å². The molecule has 0 aromatic heterocycles. The van der Waals surface area contributed by atoms with Gasteiger partial charge in [0.05, 0.1) is 7.11 Å². The Morgan fingerprint density at radius 1 is 1.24 bits per heavy atom. The van der Waals surface area contributed by atoms with Crippen molar-refractivity contribution in [3.63, 3.8) is 0 Å². The van der Waals surface area contributed by atoms with Gasteiger partial charge < -0.3 is 10.1 Å². The summed E-state index contributed by atoms with van der Waals surface area (Å²) in [4.78, 5) is 12.0. The monoisotopic (exact) mass is 287 g/mol. The predicted molar refractivity (Wildman–Crippen MR) is 83.3 cm³/mol. The third kappa shape index (κ3) is 3.58. The van der Waals surface area contributed by atoms with Gasteiger partial charge in [0.2, 0.25) is 5.91 Å². The van der Waals surface area contributed by atoms with E-state index in [0.717, 1.165) is 37.0 Å². The summed E-state index contributed by atoms with van der Waals surface area (Å²) in [5, 5.41) is 3.08. The van der Waals surface area contributed by atoms with Crippen molar-refractivity contribution in [2.24, 2.45) is 17.8 Å². The number of amides is 1. The Hall–Kier alpha value is -1.51. The number of nitrogens with one attached hydrogen (secondary N) is 1. The largest absolute Gasteiger partial charge is 0.497 e. The van der Waals surface area contributed by atoms with Crippen LogP contribution in [0.3, 0.4) is 0 Å². The number of carbonyl (C=O) groups excluding carboxylic acids is 1. The van der Waals surface area contributed by atoms with E-state index in [9.17, 15) is 4.79 Å². The summed E-state index contributed by atoms with van der Waals surface area (Å²) < 4.78 is 5.14. The quantitative estimate of drug-likeness (QED) is 0.872. The Bertz CT molecular complexity index is 482. The molecule has 1 aromatic carbocycles. The van der Waals surface area contributed by atoms with Gasteiger partial charge in [0.1, 0.15) is 5.75 Å². The Morgan fingerprint density at radius 2 is 2.05 bits per heavy atom. The van der Waals surface area contributed by atoms with Crippen LogP contribution in [-0.2, 0) is 11.2 Å². The van der Waals surface area contributed by atoms with Crippen molar-refractivity contribution in [2.45, 2.75) is 38.5 Å². The molecule has 2 aliphatic rings. The van der Waals surface area contributed by atoms with Gasteiger partial charge in [-0.15, -0.1) is 0 Å². The van der Waals surface area contributed by atoms with Crippen molar-refractivity contribution < 1.29 is 9.53 Å². The fraction of sp³-hybridized carbons (Fsp3) is 0.611. The van der Waals surface area contributed by atoms with Gasteiger partial charge in [0.15, 0.2) is 0 Å². The van der Waals surface area contributed by atoms with Crippen LogP contribution in [-0.4, -0.2) is 19.6 Å². The van der Waals surface area contributed by atoms with E-state index in [4.69, 9.17) is 4.74 Å². The summed E-state index contributed by atoms with van der Waals surface area (Å²) in [7, 11) is 1.67. The van der Waals surface area contributed by atoms with Gasteiger partial charge in [0, 0.05) is 13.0 Å². The molecule has 2 fully saturated rings. The first-order valence-electron chi connectivity index (χ1n) is 8.14. The van der Waals surface area contributed by atoms with E-state index in [0.29, 0.717) is 5.92 Å². The highest BCUT2D eigenvalue weighted by Gasteiger charge is 2.39. The molecule has 3 atom stereocenters. The minimum Gasteiger partial charge on any atom is -0.497 e. The molecule has 0 radical (unpaired) electrons. The molecule has 1 amide bonds. The number of hydrogen-bond donors (Lipinski definition) is 1. The summed E-state index contributed by atoms with van der Waals surface area (Å²) in [6.45, 7) is 0.728. The molecule has 2 saturated carbocycles. The minimum atomic E-state index is 0.237. The van der Waals surface area contributed by atoms with Crippen LogP contribution in [0.1, 0.15) is 37.7 Å². The lowest BCUT2D eigenvalue weighted by atomic mass is 9.86. The van der Waals surface area contributed by atoms with Gasteiger partial charge in [-0.3, -0.25) is 4.79 Å². The van der Waals surface area contributed by atoms with E-state index in [2.05, 4.69) is 17.4 Å². The van der Waals surface area contributed by atoms with E-state index in [1.54, 1.807) is 7.11 Å². The molecule has 3 heteroatoms. The molecular weight excluding hydrogens is 262 g/mol. The highest BCUT2D eigenvalue weighted by atomic mass is 16.5. The molecule has 2 aliphatic carbocycles. The van der Waals surface area contributed by atoms with E-state index in [1.807, 2.05) is 12.1 Å². The van der Waals surface area contributed by atoms with E-state index >= 15 is 0 Å². The van der Waals surface area contributed by atoms with Crippen LogP contribution in [0.25, 0.3) is 0 Å². The number of methoxy groups -OCH3 is 1. The normalized spacial score (nSPS) is 26.8. The van der Waals surface area contributed by atoms with Gasteiger partial charge in [0.25, 0.3) is 0 Å². The van der Waals surface area contributed by atoms with Crippen LogP contribution in [0.5, 0.6) is 5.75 Å². The number of benzene rings is 1. The maximum absolute atomic E-state index is 12.0. The summed E-state index contributed by atoms with van der Waals surface area (Å²) in [5.41, 5.74) is 1.23.